The molecule has 3 rings (SSSR count). The Hall–Kier alpha value is -1.39. The minimum absolute atomic E-state index is 0.0859. The second-order valence-corrected chi connectivity index (χ2v) is 6.62. The molecule has 22 heavy (non-hydrogen) atoms. The number of ether oxygens (including phenoxy) is 1. The summed E-state index contributed by atoms with van der Waals surface area (Å²) in [7, 11) is 0. The fraction of sp³-hybridized carbons (Fsp3) is 0.611. The summed E-state index contributed by atoms with van der Waals surface area (Å²) in [5.74, 6) is 0.0863. The number of rotatable bonds is 6. The van der Waals surface area contributed by atoms with Gasteiger partial charge in [0.1, 0.15) is 6.10 Å². The van der Waals surface area contributed by atoms with Gasteiger partial charge in [-0.3, -0.25) is 4.79 Å². The van der Waals surface area contributed by atoms with Crippen molar-refractivity contribution in [3.8, 4) is 0 Å². The first-order chi connectivity index (χ1) is 10.6. The van der Waals surface area contributed by atoms with E-state index in [-0.39, 0.29) is 30.0 Å². The predicted molar refractivity (Wildman–Crippen MR) is 82.1 cm³/mol. The monoisotopic (exact) mass is 304 g/mol. The largest absolute Gasteiger partial charge is 0.462 e. The number of hydrogen-bond acceptors (Lipinski definition) is 4. The fourth-order valence-electron chi connectivity index (χ4n) is 3.89. The zero-order valence-electron chi connectivity index (χ0n) is 12.7. The van der Waals surface area contributed by atoms with Crippen molar-refractivity contribution in [3.05, 3.63) is 35.9 Å². The Balaban J connectivity index is 1.44. The number of carbonyl (C=O) groups excluding carboxylic acids is 1. The summed E-state index contributed by atoms with van der Waals surface area (Å²) in [5, 5.41) is 20.3. The normalized spacial score (nSPS) is 31.8. The molecule has 1 aliphatic heterocycles. The number of aryl methyl sites for hydroxylation is 1. The molecule has 0 radical (unpaired) electrons. The van der Waals surface area contributed by atoms with Gasteiger partial charge in [0.05, 0.1) is 18.6 Å². The molecular formula is C18H24O4. The maximum absolute atomic E-state index is 11.4. The second-order valence-electron chi connectivity index (χ2n) is 6.62. The lowest BCUT2D eigenvalue weighted by Crippen LogP contribution is -2.22. The Kier molecular flexibility index (Phi) is 4.79. The Morgan fingerprint density at radius 3 is 2.77 bits per heavy atom. The SMILES string of the molecule is O=C1C[C@H]2[C@H](CCC(O)CCc3ccccc3)[C@@H](O)C[C@H]2O1. The first-order valence-corrected chi connectivity index (χ1v) is 8.23. The van der Waals surface area contributed by atoms with E-state index < -0.39 is 6.10 Å². The molecule has 1 aliphatic carbocycles. The molecule has 1 saturated carbocycles. The third-order valence-electron chi connectivity index (χ3n) is 5.12. The maximum Gasteiger partial charge on any atom is 0.306 e. The summed E-state index contributed by atoms with van der Waals surface area (Å²) in [6, 6.07) is 10.1. The van der Waals surface area contributed by atoms with Crippen molar-refractivity contribution in [1.82, 2.24) is 0 Å². The van der Waals surface area contributed by atoms with Crippen molar-refractivity contribution in [2.45, 2.75) is 56.8 Å². The van der Waals surface area contributed by atoms with Crippen LogP contribution in [0.25, 0.3) is 0 Å². The second kappa shape index (κ2) is 6.80. The van der Waals surface area contributed by atoms with E-state index in [0.29, 0.717) is 19.3 Å². The van der Waals surface area contributed by atoms with E-state index in [1.54, 1.807) is 0 Å². The van der Waals surface area contributed by atoms with Gasteiger partial charge in [0.2, 0.25) is 0 Å². The summed E-state index contributed by atoms with van der Waals surface area (Å²) in [5.41, 5.74) is 1.23. The summed E-state index contributed by atoms with van der Waals surface area (Å²) < 4.78 is 5.24. The van der Waals surface area contributed by atoms with Crippen LogP contribution in [0.2, 0.25) is 0 Å². The molecule has 2 fully saturated rings. The highest BCUT2D eigenvalue weighted by molar-refractivity contribution is 5.72. The first kappa shape index (κ1) is 15.5. The number of carbonyl (C=O) groups is 1. The minimum Gasteiger partial charge on any atom is -0.462 e. The van der Waals surface area contributed by atoms with Gasteiger partial charge in [0.25, 0.3) is 0 Å². The van der Waals surface area contributed by atoms with Crippen LogP contribution in [0.4, 0.5) is 0 Å². The van der Waals surface area contributed by atoms with Gasteiger partial charge in [-0.15, -0.1) is 0 Å². The van der Waals surface area contributed by atoms with E-state index in [2.05, 4.69) is 12.1 Å². The zero-order valence-corrected chi connectivity index (χ0v) is 12.7. The molecule has 1 heterocycles. The molecule has 1 saturated heterocycles. The highest BCUT2D eigenvalue weighted by Gasteiger charge is 2.49. The number of fused-ring (bicyclic) bond motifs is 1. The lowest BCUT2D eigenvalue weighted by atomic mass is 9.87. The number of esters is 1. The van der Waals surface area contributed by atoms with Crippen molar-refractivity contribution in [2.75, 3.05) is 0 Å². The predicted octanol–water partition coefficient (Wildman–Crippen LogP) is 2.07. The maximum atomic E-state index is 11.4. The van der Waals surface area contributed by atoms with E-state index in [1.807, 2.05) is 18.2 Å². The van der Waals surface area contributed by atoms with Crippen LogP contribution in [0.1, 0.15) is 37.7 Å². The molecule has 0 bridgehead atoms. The van der Waals surface area contributed by atoms with Crippen molar-refractivity contribution in [1.29, 1.82) is 0 Å². The molecule has 1 aromatic carbocycles. The standard InChI is InChI=1S/C18H24O4/c19-13(7-6-12-4-2-1-3-5-12)8-9-14-15-10-18(21)22-17(15)11-16(14)20/h1-5,13-17,19-20H,6-11H2/t13?,14-,15-,16-,17+/m0/s1. The van der Waals surface area contributed by atoms with Crippen molar-refractivity contribution in [2.24, 2.45) is 11.8 Å². The molecule has 4 heteroatoms. The van der Waals surface area contributed by atoms with E-state index >= 15 is 0 Å². The van der Waals surface area contributed by atoms with Crippen molar-refractivity contribution < 1.29 is 19.7 Å². The van der Waals surface area contributed by atoms with Crippen LogP contribution in [0.5, 0.6) is 0 Å². The Morgan fingerprint density at radius 1 is 1.23 bits per heavy atom. The van der Waals surface area contributed by atoms with Crippen molar-refractivity contribution in [3.63, 3.8) is 0 Å². The molecule has 1 aromatic rings. The van der Waals surface area contributed by atoms with Gasteiger partial charge in [0.15, 0.2) is 0 Å². The third kappa shape index (κ3) is 3.50. The summed E-state index contributed by atoms with van der Waals surface area (Å²) in [4.78, 5) is 11.4. The zero-order chi connectivity index (χ0) is 15.5. The lowest BCUT2D eigenvalue weighted by Gasteiger charge is -2.20. The van der Waals surface area contributed by atoms with Crippen LogP contribution >= 0.6 is 0 Å². The Bertz CT molecular complexity index is 501. The Morgan fingerprint density at radius 2 is 2.00 bits per heavy atom. The van der Waals surface area contributed by atoms with Gasteiger partial charge in [-0.05, 0) is 37.2 Å². The van der Waals surface area contributed by atoms with Crippen LogP contribution in [0.3, 0.4) is 0 Å². The van der Waals surface area contributed by atoms with Crippen LogP contribution in [0.15, 0.2) is 30.3 Å². The molecule has 1 unspecified atom stereocenters. The summed E-state index contributed by atoms with van der Waals surface area (Å²) >= 11 is 0. The fourth-order valence-corrected chi connectivity index (χ4v) is 3.89. The molecule has 2 aliphatic rings. The average molecular weight is 304 g/mol. The van der Waals surface area contributed by atoms with Crippen molar-refractivity contribution >= 4 is 5.97 Å². The van der Waals surface area contributed by atoms with Crippen LogP contribution in [-0.4, -0.2) is 34.5 Å². The van der Waals surface area contributed by atoms with Gasteiger partial charge in [0, 0.05) is 12.3 Å². The van der Waals surface area contributed by atoms with E-state index in [4.69, 9.17) is 4.74 Å². The third-order valence-corrected chi connectivity index (χ3v) is 5.12. The topological polar surface area (TPSA) is 66.8 Å². The van der Waals surface area contributed by atoms with Gasteiger partial charge >= 0.3 is 5.97 Å². The van der Waals surface area contributed by atoms with E-state index in [0.717, 1.165) is 19.3 Å². The highest BCUT2D eigenvalue weighted by atomic mass is 16.6. The number of benzene rings is 1. The first-order valence-electron chi connectivity index (χ1n) is 8.23. The van der Waals surface area contributed by atoms with E-state index in [9.17, 15) is 15.0 Å². The molecule has 0 amide bonds. The molecule has 4 nitrogen and oxygen atoms in total. The summed E-state index contributed by atoms with van der Waals surface area (Å²) in [6.07, 6.45) is 3.15. The molecule has 0 spiro atoms. The lowest BCUT2D eigenvalue weighted by molar-refractivity contribution is -0.141. The molecule has 2 N–H and O–H groups in total. The average Bonchev–Trinajstić information content (AvgIpc) is 2.99. The highest BCUT2D eigenvalue weighted by Crippen LogP contribution is 2.43. The molecule has 0 aromatic heterocycles. The van der Waals surface area contributed by atoms with Gasteiger partial charge in [-0.2, -0.15) is 0 Å². The number of aliphatic hydroxyl groups excluding tert-OH is 2. The minimum atomic E-state index is -0.399. The van der Waals surface area contributed by atoms with Crippen LogP contribution in [0, 0.1) is 11.8 Å². The molecular weight excluding hydrogens is 280 g/mol. The quantitative estimate of drug-likeness (QED) is 0.790. The number of hydrogen-bond donors (Lipinski definition) is 2. The van der Waals surface area contributed by atoms with Crippen LogP contribution in [-0.2, 0) is 16.0 Å². The van der Waals surface area contributed by atoms with Gasteiger partial charge < -0.3 is 14.9 Å². The smallest absolute Gasteiger partial charge is 0.306 e. The van der Waals surface area contributed by atoms with E-state index in [1.165, 1.54) is 5.56 Å². The van der Waals surface area contributed by atoms with Gasteiger partial charge in [-0.1, -0.05) is 30.3 Å². The molecule has 120 valence electrons. The molecule has 5 atom stereocenters. The van der Waals surface area contributed by atoms with Gasteiger partial charge in [-0.25, -0.2) is 0 Å². The Labute approximate surface area is 131 Å². The van der Waals surface area contributed by atoms with Crippen LogP contribution < -0.4 is 0 Å². The number of aliphatic hydroxyl groups is 2. The summed E-state index contributed by atoms with van der Waals surface area (Å²) in [6.45, 7) is 0.